The van der Waals surface area contributed by atoms with Gasteiger partial charge >= 0.3 is 0 Å². The summed E-state index contributed by atoms with van der Waals surface area (Å²) in [5.41, 5.74) is 1.66. The second-order valence-electron chi connectivity index (χ2n) is 7.75. The molecule has 1 atom stereocenters. The van der Waals surface area contributed by atoms with Crippen LogP contribution in [0.5, 0.6) is 0 Å². The van der Waals surface area contributed by atoms with E-state index in [4.69, 9.17) is 4.42 Å². The summed E-state index contributed by atoms with van der Waals surface area (Å²) in [6, 6.07) is 0.420. The molecule has 1 unspecified atom stereocenters. The van der Waals surface area contributed by atoms with Crippen LogP contribution in [-0.4, -0.2) is 61.0 Å². The van der Waals surface area contributed by atoms with Crippen molar-refractivity contribution >= 4 is 17.0 Å². The smallest absolute Gasteiger partial charge is 0.208 e. The molecule has 1 aliphatic carbocycles. The highest BCUT2D eigenvalue weighted by atomic mass is 16.4. The molecule has 0 bridgehead atoms. The lowest BCUT2D eigenvalue weighted by Crippen LogP contribution is -2.34. The summed E-state index contributed by atoms with van der Waals surface area (Å²) in [7, 11) is 2.12. The van der Waals surface area contributed by atoms with Gasteiger partial charge < -0.3 is 9.32 Å². The highest BCUT2D eigenvalue weighted by Crippen LogP contribution is 2.32. The predicted molar refractivity (Wildman–Crippen MR) is 99.2 cm³/mol. The monoisotopic (exact) mass is 368 g/mol. The summed E-state index contributed by atoms with van der Waals surface area (Å²) in [6.07, 6.45) is 7.04. The van der Waals surface area contributed by atoms with E-state index in [1.54, 1.807) is 12.5 Å². The van der Waals surface area contributed by atoms with Crippen molar-refractivity contribution in [2.75, 3.05) is 25.0 Å². The van der Waals surface area contributed by atoms with Crippen molar-refractivity contribution < 1.29 is 4.42 Å². The maximum Gasteiger partial charge on any atom is 0.208 e. The quantitative estimate of drug-likeness (QED) is 0.649. The first kappa shape index (κ1) is 16.6. The van der Waals surface area contributed by atoms with E-state index in [2.05, 4.69) is 42.1 Å². The number of oxazole rings is 1. The van der Waals surface area contributed by atoms with E-state index < -0.39 is 0 Å². The van der Waals surface area contributed by atoms with Gasteiger partial charge in [0, 0.05) is 25.7 Å². The van der Waals surface area contributed by atoms with Crippen LogP contribution in [0.2, 0.25) is 0 Å². The minimum atomic E-state index is 0.420. The van der Waals surface area contributed by atoms with E-state index in [0.717, 1.165) is 60.6 Å². The fourth-order valence-electron chi connectivity index (χ4n) is 3.79. The molecule has 2 aliphatic rings. The molecule has 27 heavy (non-hydrogen) atoms. The summed E-state index contributed by atoms with van der Waals surface area (Å²) >= 11 is 0. The van der Waals surface area contributed by atoms with Gasteiger partial charge in [-0.2, -0.15) is 0 Å². The van der Waals surface area contributed by atoms with Crippen molar-refractivity contribution in [1.29, 1.82) is 0 Å². The summed E-state index contributed by atoms with van der Waals surface area (Å²) in [5, 5.41) is 8.72. The van der Waals surface area contributed by atoms with Crippen LogP contribution in [0, 0.1) is 12.8 Å². The van der Waals surface area contributed by atoms with Crippen LogP contribution < -0.4 is 4.90 Å². The second kappa shape index (κ2) is 6.56. The number of fused-ring (bicyclic) bond motifs is 1. The predicted octanol–water partition coefficient (Wildman–Crippen LogP) is 1.64. The summed E-state index contributed by atoms with van der Waals surface area (Å²) < 4.78 is 7.55. The van der Waals surface area contributed by atoms with Gasteiger partial charge in [0.15, 0.2) is 17.0 Å². The molecule has 1 saturated heterocycles. The van der Waals surface area contributed by atoms with Crippen molar-refractivity contribution in [2.24, 2.45) is 5.92 Å². The van der Waals surface area contributed by atoms with E-state index in [0.29, 0.717) is 12.6 Å². The highest BCUT2D eigenvalue weighted by Gasteiger charge is 2.30. The molecule has 0 spiro atoms. The third-order valence-corrected chi connectivity index (χ3v) is 5.55. The lowest BCUT2D eigenvalue weighted by Gasteiger charge is -2.23. The zero-order chi connectivity index (χ0) is 18.4. The van der Waals surface area contributed by atoms with Gasteiger partial charge in [-0.05, 0) is 39.2 Å². The Morgan fingerprint density at radius 2 is 2.11 bits per heavy atom. The number of hydrogen-bond donors (Lipinski definition) is 0. The first-order chi connectivity index (χ1) is 13.2. The zero-order valence-electron chi connectivity index (χ0n) is 15.7. The van der Waals surface area contributed by atoms with Crippen molar-refractivity contribution in [3.63, 3.8) is 0 Å². The van der Waals surface area contributed by atoms with Crippen LogP contribution in [0.3, 0.4) is 0 Å². The molecule has 2 fully saturated rings. The van der Waals surface area contributed by atoms with Gasteiger partial charge in [-0.25, -0.2) is 19.6 Å². The fourth-order valence-corrected chi connectivity index (χ4v) is 3.79. The van der Waals surface area contributed by atoms with Crippen LogP contribution in [-0.2, 0) is 13.1 Å². The Morgan fingerprint density at radius 1 is 1.22 bits per heavy atom. The van der Waals surface area contributed by atoms with Crippen LogP contribution in [0.1, 0.15) is 30.9 Å². The van der Waals surface area contributed by atoms with Crippen molar-refractivity contribution in [1.82, 2.24) is 34.8 Å². The number of nitrogens with zero attached hydrogens (tertiary/aromatic N) is 8. The largest absolute Gasteiger partial charge is 0.445 e. The van der Waals surface area contributed by atoms with Gasteiger partial charge in [0.1, 0.15) is 12.1 Å². The van der Waals surface area contributed by atoms with Crippen molar-refractivity contribution in [3.8, 4) is 0 Å². The van der Waals surface area contributed by atoms with Crippen molar-refractivity contribution in [2.45, 2.75) is 45.3 Å². The van der Waals surface area contributed by atoms with E-state index >= 15 is 0 Å². The highest BCUT2D eigenvalue weighted by molar-refractivity contribution is 5.82. The normalized spacial score (nSPS) is 20.3. The molecule has 142 valence electrons. The van der Waals surface area contributed by atoms with E-state index in [1.165, 1.54) is 12.8 Å². The van der Waals surface area contributed by atoms with E-state index in [1.807, 2.05) is 11.6 Å². The lowest BCUT2D eigenvalue weighted by molar-refractivity contribution is 0.225. The Labute approximate surface area is 157 Å². The van der Waals surface area contributed by atoms with E-state index in [-0.39, 0.29) is 0 Å². The summed E-state index contributed by atoms with van der Waals surface area (Å²) in [4.78, 5) is 17.9. The van der Waals surface area contributed by atoms with Gasteiger partial charge in [0.2, 0.25) is 5.89 Å². The molecule has 0 aromatic carbocycles. The summed E-state index contributed by atoms with van der Waals surface area (Å²) in [6.45, 7) is 5.39. The molecule has 1 saturated carbocycles. The van der Waals surface area contributed by atoms with Gasteiger partial charge in [0.25, 0.3) is 0 Å². The molecular weight excluding hydrogens is 344 g/mol. The third-order valence-electron chi connectivity index (χ3n) is 5.55. The number of anilines is 1. The average Bonchev–Trinajstić information content (AvgIpc) is 3.05. The molecule has 4 heterocycles. The standard InChI is InChI=1S/C18H24N8O/c1-12-7-19-15(27-12)10-24(2)14-5-6-25(9-14)17-16-18(21-11-20-17)26(23-22-16)8-13-3-4-13/h7,11,13-14H,3-6,8-10H2,1-2H3. The van der Waals surface area contributed by atoms with Crippen LogP contribution in [0.25, 0.3) is 11.2 Å². The number of hydrogen-bond acceptors (Lipinski definition) is 8. The molecule has 5 rings (SSSR count). The second-order valence-corrected chi connectivity index (χ2v) is 7.75. The SMILES string of the molecule is Cc1cnc(CN(C)C2CCN(c3ncnc4c3nnn4CC3CC3)C2)o1. The zero-order valence-corrected chi connectivity index (χ0v) is 15.7. The van der Waals surface area contributed by atoms with Gasteiger partial charge in [-0.15, -0.1) is 5.10 Å². The van der Waals surface area contributed by atoms with Crippen LogP contribution in [0.4, 0.5) is 5.82 Å². The Balaban J connectivity index is 1.31. The first-order valence-electron chi connectivity index (χ1n) is 9.58. The number of aryl methyl sites for hydroxylation is 1. The Hall–Kier alpha value is -2.55. The molecule has 0 radical (unpaired) electrons. The lowest BCUT2D eigenvalue weighted by atomic mass is 10.2. The Bertz CT molecular complexity index is 946. The fraction of sp³-hybridized carbons (Fsp3) is 0.611. The van der Waals surface area contributed by atoms with Gasteiger partial charge in [-0.1, -0.05) is 5.21 Å². The Morgan fingerprint density at radius 3 is 2.89 bits per heavy atom. The maximum atomic E-state index is 5.61. The third kappa shape index (κ3) is 3.27. The number of likely N-dealkylation sites (N-methyl/N-ethyl adjacent to an activating group) is 1. The minimum absolute atomic E-state index is 0.420. The number of rotatable bonds is 6. The Kier molecular flexibility index (Phi) is 4.04. The first-order valence-corrected chi connectivity index (χ1v) is 9.58. The summed E-state index contributed by atoms with van der Waals surface area (Å²) in [5.74, 6) is 3.24. The number of aromatic nitrogens is 6. The van der Waals surface area contributed by atoms with Gasteiger partial charge in [0.05, 0.1) is 12.7 Å². The topological polar surface area (TPSA) is 89.0 Å². The van der Waals surface area contributed by atoms with Crippen LogP contribution >= 0.6 is 0 Å². The average molecular weight is 368 g/mol. The van der Waals surface area contributed by atoms with Crippen molar-refractivity contribution in [3.05, 3.63) is 24.2 Å². The molecule has 9 nitrogen and oxygen atoms in total. The molecule has 9 heteroatoms. The van der Waals surface area contributed by atoms with Crippen LogP contribution in [0.15, 0.2) is 16.9 Å². The molecular formula is C18H24N8O. The minimum Gasteiger partial charge on any atom is -0.445 e. The molecule has 0 amide bonds. The maximum absolute atomic E-state index is 5.61. The molecule has 3 aromatic heterocycles. The van der Waals surface area contributed by atoms with E-state index in [9.17, 15) is 0 Å². The molecule has 1 aliphatic heterocycles. The molecule has 3 aromatic rings. The molecule has 0 N–H and O–H groups in total. The van der Waals surface area contributed by atoms with Gasteiger partial charge in [-0.3, -0.25) is 4.90 Å².